The number of amides is 1. The number of aromatic nitrogens is 2. The summed E-state index contributed by atoms with van der Waals surface area (Å²) >= 11 is 0. The molecule has 0 spiro atoms. The number of nitrogens with zero attached hydrogens (tertiary/aromatic N) is 1. The average molecular weight is 405 g/mol. The van der Waals surface area contributed by atoms with Crippen LogP contribution in [-0.2, 0) is 0 Å². The van der Waals surface area contributed by atoms with Crippen LogP contribution < -0.4 is 11.2 Å². The SMILES string of the molecule is CC1CCCC(C2CCC(F)(F)CC2)C1.NC(=O)c1nccc2[nH]ccc(=O)c12. The largest absolute Gasteiger partial charge is 0.364 e. The molecule has 0 aromatic carbocycles. The Labute approximate surface area is 169 Å². The van der Waals surface area contributed by atoms with E-state index in [1.807, 2.05) is 0 Å². The summed E-state index contributed by atoms with van der Waals surface area (Å²) in [5.74, 6) is -0.868. The number of alkyl halides is 2. The quantitative estimate of drug-likeness (QED) is 0.761. The van der Waals surface area contributed by atoms with Crippen LogP contribution in [0.4, 0.5) is 8.78 Å². The first-order valence-corrected chi connectivity index (χ1v) is 10.4. The molecule has 2 fully saturated rings. The predicted molar refractivity (Wildman–Crippen MR) is 109 cm³/mol. The Balaban J connectivity index is 0.000000166. The highest BCUT2D eigenvalue weighted by Crippen LogP contribution is 2.44. The molecule has 0 saturated heterocycles. The summed E-state index contributed by atoms with van der Waals surface area (Å²) in [5, 5.41) is 0.238. The van der Waals surface area contributed by atoms with Gasteiger partial charge in [-0.1, -0.05) is 26.2 Å². The third-order valence-corrected chi connectivity index (χ3v) is 6.31. The number of H-pyrrole nitrogens is 1. The van der Waals surface area contributed by atoms with Gasteiger partial charge in [0.1, 0.15) is 5.69 Å². The summed E-state index contributed by atoms with van der Waals surface area (Å²) in [7, 11) is 0. The fourth-order valence-electron chi connectivity index (χ4n) is 4.75. The molecule has 0 aliphatic heterocycles. The molecule has 2 aromatic rings. The van der Waals surface area contributed by atoms with Crippen LogP contribution in [-0.4, -0.2) is 21.8 Å². The zero-order valence-corrected chi connectivity index (χ0v) is 16.8. The summed E-state index contributed by atoms with van der Waals surface area (Å²) in [5.41, 5.74) is 5.39. The van der Waals surface area contributed by atoms with Gasteiger partial charge < -0.3 is 10.7 Å². The Kier molecular flexibility index (Phi) is 6.65. The number of fused-ring (bicyclic) bond motifs is 1. The van der Waals surface area contributed by atoms with Gasteiger partial charge in [-0.15, -0.1) is 0 Å². The van der Waals surface area contributed by atoms with Crippen LogP contribution in [0.3, 0.4) is 0 Å². The number of nitrogens with one attached hydrogen (secondary N) is 1. The average Bonchev–Trinajstić information content (AvgIpc) is 2.68. The highest BCUT2D eigenvalue weighted by atomic mass is 19.3. The van der Waals surface area contributed by atoms with Crippen LogP contribution in [0.15, 0.2) is 29.3 Å². The number of primary amides is 1. The monoisotopic (exact) mass is 405 g/mol. The van der Waals surface area contributed by atoms with Crippen LogP contribution >= 0.6 is 0 Å². The molecular weight excluding hydrogens is 376 g/mol. The van der Waals surface area contributed by atoms with E-state index < -0.39 is 11.8 Å². The molecule has 29 heavy (non-hydrogen) atoms. The van der Waals surface area contributed by atoms with Gasteiger partial charge in [0.25, 0.3) is 5.91 Å². The standard InChI is InChI=1S/C13H22F2.C9H7N3O2/c1-10-3-2-4-12(9-10)11-5-7-13(14,15)8-6-11;10-9(14)8-7-5(1-3-12-8)11-4-2-6(7)13/h10-12H,2-9H2,1H3;1-4H,(H2,10,14)(H,11,13). The topological polar surface area (TPSA) is 88.8 Å². The van der Waals surface area contributed by atoms with Crippen molar-refractivity contribution in [2.24, 2.45) is 23.5 Å². The molecular formula is C22H29F2N3O2. The Morgan fingerprint density at radius 3 is 2.55 bits per heavy atom. The molecule has 2 saturated carbocycles. The van der Waals surface area contributed by atoms with E-state index >= 15 is 0 Å². The van der Waals surface area contributed by atoms with Crippen molar-refractivity contribution in [2.75, 3.05) is 0 Å². The van der Waals surface area contributed by atoms with Crippen molar-refractivity contribution in [1.29, 1.82) is 0 Å². The van der Waals surface area contributed by atoms with Crippen molar-refractivity contribution >= 4 is 16.8 Å². The minimum Gasteiger partial charge on any atom is -0.364 e. The molecule has 2 atom stereocenters. The van der Waals surface area contributed by atoms with Gasteiger partial charge in [-0.3, -0.25) is 14.6 Å². The lowest BCUT2D eigenvalue weighted by Gasteiger charge is -2.37. The molecule has 5 nitrogen and oxygen atoms in total. The first-order chi connectivity index (χ1) is 13.8. The Morgan fingerprint density at radius 1 is 1.17 bits per heavy atom. The van der Waals surface area contributed by atoms with Crippen LogP contribution in [0, 0.1) is 17.8 Å². The van der Waals surface area contributed by atoms with Crippen LogP contribution in [0.25, 0.3) is 10.9 Å². The van der Waals surface area contributed by atoms with E-state index in [1.54, 1.807) is 6.07 Å². The third-order valence-electron chi connectivity index (χ3n) is 6.31. The second kappa shape index (κ2) is 9.01. The molecule has 2 heterocycles. The van der Waals surface area contributed by atoms with E-state index in [4.69, 9.17) is 5.73 Å². The van der Waals surface area contributed by atoms with Gasteiger partial charge >= 0.3 is 0 Å². The molecule has 7 heteroatoms. The van der Waals surface area contributed by atoms with Gasteiger partial charge in [-0.2, -0.15) is 0 Å². The molecule has 2 aromatic heterocycles. The summed E-state index contributed by atoms with van der Waals surface area (Å²) in [6.45, 7) is 2.31. The van der Waals surface area contributed by atoms with Crippen molar-refractivity contribution in [3.63, 3.8) is 0 Å². The van der Waals surface area contributed by atoms with E-state index in [0.29, 0.717) is 11.4 Å². The Hall–Kier alpha value is -2.31. The summed E-state index contributed by atoms with van der Waals surface area (Å²) in [6, 6.07) is 2.94. The number of carbonyl (C=O) groups is 1. The Morgan fingerprint density at radius 2 is 1.90 bits per heavy atom. The number of nitrogens with two attached hydrogens (primary N) is 1. The molecule has 1 amide bonds. The van der Waals surface area contributed by atoms with Gasteiger partial charge in [0.05, 0.1) is 10.9 Å². The van der Waals surface area contributed by atoms with Gasteiger partial charge in [0, 0.05) is 31.3 Å². The lowest BCUT2D eigenvalue weighted by Crippen LogP contribution is -2.30. The van der Waals surface area contributed by atoms with E-state index in [9.17, 15) is 18.4 Å². The smallest absolute Gasteiger partial charge is 0.268 e. The maximum absolute atomic E-state index is 13.0. The fourth-order valence-corrected chi connectivity index (χ4v) is 4.75. The van der Waals surface area contributed by atoms with Crippen molar-refractivity contribution < 1.29 is 13.6 Å². The summed E-state index contributed by atoms with van der Waals surface area (Å²) in [4.78, 5) is 29.0. The second-order valence-corrected chi connectivity index (χ2v) is 8.51. The zero-order valence-electron chi connectivity index (χ0n) is 16.8. The number of halogens is 2. The molecule has 2 aliphatic rings. The van der Waals surface area contributed by atoms with Gasteiger partial charge in [0.15, 0.2) is 5.43 Å². The maximum Gasteiger partial charge on any atom is 0.268 e. The number of carbonyl (C=O) groups excluding carboxylic acids is 1. The molecule has 158 valence electrons. The van der Waals surface area contributed by atoms with Crippen molar-refractivity contribution in [1.82, 2.24) is 9.97 Å². The van der Waals surface area contributed by atoms with E-state index in [2.05, 4.69) is 16.9 Å². The first-order valence-electron chi connectivity index (χ1n) is 10.4. The second-order valence-electron chi connectivity index (χ2n) is 8.51. The van der Waals surface area contributed by atoms with Crippen LogP contribution in [0.2, 0.25) is 0 Å². The molecule has 4 rings (SSSR count). The molecule has 0 bridgehead atoms. The van der Waals surface area contributed by atoms with Crippen molar-refractivity contribution in [2.45, 2.75) is 64.2 Å². The van der Waals surface area contributed by atoms with E-state index in [1.165, 1.54) is 44.1 Å². The zero-order chi connectivity index (χ0) is 21.0. The molecule has 3 N–H and O–H groups in total. The summed E-state index contributed by atoms with van der Waals surface area (Å²) < 4.78 is 26.0. The fraction of sp³-hybridized carbons (Fsp3) is 0.591. The highest BCUT2D eigenvalue weighted by Gasteiger charge is 2.38. The van der Waals surface area contributed by atoms with Crippen molar-refractivity contribution in [3.8, 4) is 0 Å². The number of rotatable bonds is 2. The van der Waals surface area contributed by atoms with Crippen LogP contribution in [0.5, 0.6) is 0 Å². The Bertz CT molecular complexity index is 897. The van der Waals surface area contributed by atoms with E-state index in [0.717, 1.165) is 24.7 Å². The minimum atomic E-state index is -2.35. The predicted octanol–water partition coefficient (Wildman–Crippen LogP) is 4.66. The van der Waals surface area contributed by atoms with Crippen LogP contribution in [0.1, 0.15) is 68.8 Å². The number of pyridine rings is 2. The van der Waals surface area contributed by atoms with Gasteiger partial charge in [-0.25, -0.2) is 8.78 Å². The molecule has 2 unspecified atom stereocenters. The highest BCUT2D eigenvalue weighted by molar-refractivity contribution is 6.03. The molecule has 0 radical (unpaired) electrons. The number of hydrogen-bond donors (Lipinski definition) is 2. The first kappa shape index (κ1) is 21.4. The molecule has 2 aliphatic carbocycles. The normalized spacial score (nSPS) is 24.5. The lowest BCUT2D eigenvalue weighted by molar-refractivity contribution is -0.0552. The van der Waals surface area contributed by atoms with Gasteiger partial charge in [0.2, 0.25) is 5.92 Å². The van der Waals surface area contributed by atoms with Gasteiger partial charge in [-0.05, 0) is 43.1 Å². The van der Waals surface area contributed by atoms with Crippen molar-refractivity contribution in [3.05, 3.63) is 40.4 Å². The lowest BCUT2D eigenvalue weighted by atomic mass is 9.70. The summed E-state index contributed by atoms with van der Waals surface area (Å²) in [6.07, 6.45) is 10.0. The third kappa shape index (κ3) is 5.40. The number of hydrogen-bond acceptors (Lipinski definition) is 3. The van der Waals surface area contributed by atoms with E-state index in [-0.39, 0.29) is 29.4 Å². The minimum absolute atomic E-state index is 0.00403. The number of aromatic amines is 1. The maximum atomic E-state index is 13.0.